The van der Waals surface area contributed by atoms with Crippen LogP contribution in [-0.4, -0.2) is 41.1 Å². The number of carbonyl (C=O) groups is 1. The van der Waals surface area contributed by atoms with E-state index < -0.39 is 5.54 Å². The van der Waals surface area contributed by atoms with E-state index in [1.165, 1.54) is 5.56 Å². The van der Waals surface area contributed by atoms with E-state index in [9.17, 15) is 4.79 Å². The molecule has 3 rings (SSSR count). The van der Waals surface area contributed by atoms with Gasteiger partial charge in [0.25, 0.3) is 0 Å². The van der Waals surface area contributed by atoms with Gasteiger partial charge in [0.05, 0.1) is 0 Å². The van der Waals surface area contributed by atoms with Crippen LogP contribution in [0.15, 0.2) is 34.9 Å². The SMILES string of the molecule is CCN(CC)C(=O)[C@@]1(Cc2cc(-c3ccc(C)cc3)no2)CCCN1. The van der Waals surface area contributed by atoms with Crippen molar-refractivity contribution in [3.05, 3.63) is 41.7 Å². The van der Waals surface area contributed by atoms with Crippen LogP contribution in [0.1, 0.15) is 38.0 Å². The van der Waals surface area contributed by atoms with Crippen LogP contribution in [0, 0.1) is 6.92 Å². The van der Waals surface area contributed by atoms with Gasteiger partial charge in [-0.3, -0.25) is 4.79 Å². The number of nitrogens with one attached hydrogen (secondary N) is 1. The Morgan fingerprint density at radius 1 is 1.28 bits per heavy atom. The number of aromatic nitrogens is 1. The first kappa shape index (κ1) is 17.7. The number of hydrogen-bond donors (Lipinski definition) is 1. The topological polar surface area (TPSA) is 58.4 Å². The molecule has 0 unspecified atom stereocenters. The van der Waals surface area contributed by atoms with Gasteiger partial charge in [0.15, 0.2) is 0 Å². The lowest BCUT2D eigenvalue weighted by molar-refractivity contribution is -0.137. The van der Waals surface area contributed by atoms with E-state index in [-0.39, 0.29) is 5.91 Å². The summed E-state index contributed by atoms with van der Waals surface area (Å²) in [6.45, 7) is 8.42. The smallest absolute Gasteiger partial charge is 0.243 e. The van der Waals surface area contributed by atoms with Crippen LogP contribution < -0.4 is 5.32 Å². The van der Waals surface area contributed by atoms with Crippen molar-refractivity contribution in [2.45, 2.75) is 45.6 Å². The number of benzene rings is 1. The normalized spacial score (nSPS) is 20.0. The second-order valence-corrected chi connectivity index (χ2v) is 6.81. The summed E-state index contributed by atoms with van der Waals surface area (Å²) >= 11 is 0. The zero-order valence-electron chi connectivity index (χ0n) is 15.3. The van der Waals surface area contributed by atoms with E-state index >= 15 is 0 Å². The Morgan fingerprint density at radius 3 is 2.60 bits per heavy atom. The molecule has 1 fully saturated rings. The van der Waals surface area contributed by atoms with Gasteiger partial charge in [-0.15, -0.1) is 0 Å². The molecule has 2 heterocycles. The Bertz CT molecular complexity index is 711. The molecule has 5 nitrogen and oxygen atoms in total. The van der Waals surface area contributed by atoms with Crippen molar-refractivity contribution in [2.75, 3.05) is 19.6 Å². The number of aryl methyl sites for hydroxylation is 1. The summed E-state index contributed by atoms with van der Waals surface area (Å²) < 4.78 is 5.57. The Labute approximate surface area is 149 Å². The van der Waals surface area contributed by atoms with Gasteiger partial charge in [-0.2, -0.15) is 0 Å². The standard InChI is InChI=1S/C20H27N3O2/c1-4-23(5-2)19(24)20(11-6-12-21-20)14-17-13-18(22-25-17)16-9-7-15(3)8-10-16/h7-10,13,21H,4-6,11-12,14H2,1-3H3/t20-/m0/s1. The largest absolute Gasteiger partial charge is 0.361 e. The quantitative estimate of drug-likeness (QED) is 0.877. The molecule has 1 aliphatic heterocycles. The molecule has 1 aliphatic rings. The highest BCUT2D eigenvalue weighted by Crippen LogP contribution is 2.28. The van der Waals surface area contributed by atoms with Crippen molar-refractivity contribution in [3.63, 3.8) is 0 Å². The summed E-state index contributed by atoms with van der Waals surface area (Å²) in [5.41, 5.74) is 2.50. The van der Waals surface area contributed by atoms with Crippen molar-refractivity contribution in [3.8, 4) is 11.3 Å². The molecule has 0 aliphatic carbocycles. The lowest BCUT2D eigenvalue weighted by Gasteiger charge is -2.33. The fraction of sp³-hybridized carbons (Fsp3) is 0.500. The Morgan fingerprint density at radius 2 is 2.00 bits per heavy atom. The number of rotatable bonds is 6. The average molecular weight is 341 g/mol. The Balaban J connectivity index is 1.81. The fourth-order valence-electron chi connectivity index (χ4n) is 3.58. The number of likely N-dealkylation sites (N-methyl/N-ethyl adjacent to an activating group) is 1. The minimum atomic E-state index is -0.559. The summed E-state index contributed by atoms with van der Waals surface area (Å²) in [7, 11) is 0. The highest BCUT2D eigenvalue weighted by Gasteiger charge is 2.43. The minimum absolute atomic E-state index is 0.170. The third kappa shape index (κ3) is 3.61. The number of amides is 1. The van der Waals surface area contributed by atoms with Gasteiger partial charge in [0, 0.05) is 31.1 Å². The molecule has 0 bridgehead atoms. The van der Waals surface area contributed by atoms with Crippen molar-refractivity contribution in [1.82, 2.24) is 15.4 Å². The maximum absolute atomic E-state index is 13.0. The van der Waals surface area contributed by atoms with Crippen LogP contribution in [0.5, 0.6) is 0 Å². The van der Waals surface area contributed by atoms with Crippen LogP contribution in [0.3, 0.4) is 0 Å². The number of nitrogens with zero attached hydrogens (tertiary/aromatic N) is 2. The maximum atomic E-state index is 13.0. The third-order valence-corrected chi connectivity index (χ3v) is 5.09. The molecule has 1 aromatic carbocycles. The Kier molecular flexibility index (Phi) is 5.23. The zero-order valence-corrected chi connectivity index (χ0v) is 15.3. The van der Waals surface area contributed by atoms with Gasteiger partial charge in [0.2, 0.25) is 5.91 Å². The van der Waals surface area contributed by atoms with Gasteiger partial charge in [-0.1, -0.05) is 35.0 Å². The Hall–Kier alpha value is -2.14. The molecular formula is C20H27N3O2. The molecule has 134 valence electrons. The molecule has 1 atom stereocenters. The van der Waals surface area contributed by atoms with E-state index in [2.05, 4.69) is 29.5 Å². The van der Waals surface area contributed by atoms with E-state index in [1.807, 2.05) is 36.9 Å². The molecule has 0 radical (unpaired) electrons. The monoisotopic (exact) mass is 341 g/mol. The summed E-state index contributed by atoms with van der Waals surface area (Å²) in [6, 6.07) is 10.2. The lowest BCUT2D eigenvalue weighted by atomic mass is 9.90. The number of hydrogen-bond acceptors (Lipinski definition) is 4. The van der Waals surface area contributed by atoms with Gasteiger partial charge < -0.3 is 14.7 Å². The fourth-order valence-corrected chi connectivity index (χ4v) is 3.58. The van der Waals surface area contributed by atoms with E-state index in [0.29, 0.717) is 6.42 Å². The van der Waals surface area contributed by atoms with Crippen LogP contribution in [0.25, 0.3) is 11.3 Å². The first-order valence-electron chi connectivity index (χ1n) is 9.15. The molecule has 1 saturated heterocycles. The van der Waals surface area contributed by atoms with E-state index in [1.54, 1.807) is 0 Å². The highest BCUT2D eigenvalue weighted by molar-refractivity contribution is 5.87. The van der Waals surface area contributed by atoms with Crippen molar-refractivity contribution < 1.29 is 9.32 Å². The highest BCUT2D eigenvalue weighted by atomic mass is 16.5. The van der Waals surface area contributed by atoms with Crippen LogP contribution >= 0.6 is 0 Å². The van der Waals surface area contributed by atoms with Crippen LogP contribution in [-0.2, 0) is 11.2 Å². The molecular weight excluding hydrogens is 314 g/mol. The summed E-state index contributed by atoms with van der Waals surface area (Å²) in [4.78, 5) is 14.9. The first-order valence-corrected chi connectivity index (χ1v) is 9.15. The van der Waals surface area contributed by atoms with Gasteiger partial charge in [-0.05, 0) is 40.2 Å². The van der Waals surface area contributed by atoms with Gasteiger partial charge >= 0.3 is 0 Å². The minimum Gasteiger partial charge on any atom is -0.361 e. The molecule has 0 saturated carbocycles. The second-order valence-electron chi connectivity index (χ2n) is 6.81. The lowest BCUT2D eigenvalue weighted by Crippen LogP contribution is -2.56. The first-order chi connectivity index (χ1) is 12.1. The van der Waals surface area contributed by atoms with E-state index in [4.69, 9.17) is 4.52 Å². The van der Waals surface area contributed by atoms with Gasteiger partial charge in [0.1, 0.15) is 17.0 Å². The number of carbonyl (C=O) groups excluding carboxylic acids is 1. The second kappa shape index (κ2) is 7.40. The molecule has 5 heteroatoms. The third-order valence-electron chi connectivity index (χ3n) is 5.09. The van der Waals surface area contributed by atoms with Crippen LogP contribution in [0.4, 0.5) is 0 Å². The molecule has 1 amide bonds. The molecule has 25 heavy (non-hydrogen) atoms. The van der Waals surface area contributed by atoms with Crippen molar-refractivity contribution >= 4 is 5.91 Å². The molecule has 2 aromatic rings. The summed E-state index contributed by atoms with van der Waals surface area (Å²) in [6.07, 6.45) is 2.38. The molecule has 1 N–H and O–H groups in total. The van der Waals surface area contributed by atoms with Gasteiger partial charge in [-0.25, -0.2) is 0 Å². The maximum Gasteiger partial charge on any atom is 0.243 e. The summed E-state index contributed by atoms with van der Waals surface area (Å²) in [5.74, 6) is 0.925. The van der Waals surface area contributed by atoms with E-state index in [0.717, 1.165) is 49.5 Å². The predicted octanol–water partition coefficient (Wildman–Crippen LogP) is 3.18. The van der Waals surface area contributed by atoms with Crippen molar-refractivity contribution in [2.24, 2.45) is 0 Å². The van der Waals surface area contributed by atoms with Crippen molar-refractivity contribution in [1.29, 1.82) is 0 Å². The average Bonchev–Trinajstić information content (AvgIpc) is 3.27. The predicted molar refractivity (Wildman–Crippen MR) is 98.3 cm³/mol. The molecule has 0 spiro atoms. The summed E-state index contributed by atoms with van der Waals surface area (Å²) in [5, 5.41) is 7.65. The molecule has 1 aromatic heterocycles. The zero-order chi connectivity index (χ0) is 17.9. The van der Waals surface area contributed by atoms with Crippen LogP contribution in [0.2, 0.25) is 0 Å².